The number of carbonyl (C=O) groups excluding carboxylic acids is 1. The normalized spacial score (nSPS) is 30.3. The molecule has 0 bridgehead atoms. The molecular weight excluding hydrogens is 424 g/mol. The van der Waals surface area contributed by atoms with E-state index in [0.717, 1.165) is 5.57 Å². The van der Waals surface area contributed by atoms with Gasteiger partial charge in [-0.05, 0) is 25.3 Å². The Kier molecular flexibility index (Phi) is 8.21. The highest BCUT2D eigenvalue weighted by Gasteiger charge is 2.45. The third-order valence-corrected chi connectivity index (χ3v) is 5.48. The van der Waals surface area contributed by atoms with E-state index in [1.165, 1.54) is 6.07 Å². The van der Waals surface area contributed by atoms with Gasteiger partial charge in [-0.3, -0.25) is 9.59 Å². The van der Waals surface area contributed by atoms with E-state index in [4.69, 9.17) is 19.3 Å². The number of hydrogen-bond acceptors (Lipinski definition) is 9. The van der Waals surface area contributed by atoms with Crippen molar-refractivity contribution in [2.75, 3.05) is 6.61 Å². The zero-order chi connectivity index (χ0) is 23.3. The number of aliphatic carboxylic acids is 1. The largest absolute Gasteiger partial charge is 0.481 e. The summed E-state index contributed by atoms with van der Waals surface area (Å²) in [6, 6.07) is 6.28. The van der Waals surface area contributed by atoms with Gasteiger partial charge in [0.1, 0.15) is 36.8 Å². The summed E-state index contributed by atoms with van der Waals surface area (Å²) >= 11 is 0. The number of esters is 1. The molecule has 0 unspecified atom stereocenters. The van der Waals surface area contributed by atoms with E-state index < -0.39 is 48.7 Å². The van der Waals surface area contributed by atoms with E-state index in [-0.39, 0.29) is 25.2 Å². The molecule has 6 atom stereocenters. The quantitative estimate of drug-likeness (QED) is 0.266. The van der Waals surface area contributed by atoms with Crippen molar-refractivity contribution in [2.24, 2.45) is 0 Å². The van der Waals surface area contributed by atoms with E-state index in [9.17, 15) is 30.0 Å². The smallest absolute Gasteiger partial charge is 0.310 e. The van der Waals surface area contributed by atoms with Gasteiger partial charge < -0.3 is 39.7 Å². The summed E-state index contributed by atoms with van der Waals surface area (Å²) in [5.74, 6) is -1.48. The number of aliphatic hydroxyl groups excluding tert-OH is 4. The molecule has 10 heteroatoms. The first-order valence-corrected chi connectivity index (χ1v) is 10.4. The Hall–Kier alpha value is -2.50. The van der Waals surface area contributed by atoms with Crippen molar-refractivity contribution in [3.05, 3.63) is 41.5 Å². The molecule has 1 aromatic rings. The standard InChI is InChI=1S/C22H28O10/c23-14-7-5-12(6-8-14)9-18(26)30-11-16-19(27)20(28)21(29)22(32-16)31-15-4-2-1-3-13(15)10-17(24)25/h1-5,14,16,19-23,27-29H,6-11H2,(H,24,25)/t14-,16-,19-,20+,21-,22-/m1/s1. The molecule has 5 N–H and O–H groups in total. The summed E-state index contributed by atoms with van der Waals surface area (Å²) < 4.78 is 16.3. The van der Waals surface area contributed by atoms with Gasteiger partial charge in [0.2, 0.25) is 6.29 Å². The summed E-state index contributed by atoms with van der Waals surface area (Å²) in [7, 11) is 0. The van der Waals surface area contributed by atoms with Crippen LogP contribution in [0.15, 0.2) is 35.9 Å². The predicted octanol–water partition coefficient (Wildman–Crippen LogP) is -0.0954. The fourth-order valence-corrected chi connectivity index (χ4v) is 3.65. The summed E-state index contributed by atoms with van der Waals surface area (Å²) in [6.07, 6.45) is -4.58. The van der Waals surface area contributed by atoms with Gasteiger partial charge in [-0.1, -0.05) is 29.8 Å². The van der Waals surface area contributed by atoms with E-state index in [0.29, 0.717) is 24.8 Å². The zero-order valence-corrected chi connectivity index (χ0v) is 17.4. The number of carboxylic acid groups (broad SMARTS) is 1. The van der Waals surface area contributed by atoms with E-state index in [1.54, 1.807) is 24.3 Å². The Morgan fingerprint density at radius 1 is 1.03 bits per heavy atom. The monoisotopic (exact) mass is 452 g/mol. The first kappa shape index (κ1) is 24.1. The molecule has 2 aliphatic rings. The lowest BCUT2D eigenvalue weighted by Crippen LogP contribution is -2.60. The van der Waals surface area contributed by atoms with Crippen LogP contribution in [0.4, 0.5) is 0 Å². The number of benzene rings is 1. The number of carboxylic acids is 1. The molecule has 0 radical (unpaired) electrons. The number of aliphatic hydroxyl groups is 4. The molecule has 0 saturated carbocycles. The number of carbonyl (C=O) groups is 2. The van der Waals surface area contributed by atoms with Gasteiger partial charge in [0.15, 0.2) is 0 Å². The zero-order valence-electron chi connectivity index (χ0n) is 17.4. The third kappa shape index (κ3) is 6.27. The van der Waals surface area contributed by atoms with Crippen LogP contribution in [0.3, 0.4) is 0 Å². The maximum Gasteiger partial charge on any atom is 0.310 e. The SMILES string of the molecule is O=C(O)Cc1ccccc1O[C@@H]1O[C@H](COC(=O)CC2=CC[C@@H](O)CC2)[C@@H](O)[C@H](O)[C@H]1O. The van der Waals surface area contributed by atoms with Crippen molar-refractivity contribution in [1.82, 2.24) is 0 Å². The molecule has 1 fully saturated rings. The number of rotatable bonds is 8. The minimum absolute atomic E-state index is 0.0448. The highest BCUT2D eigenvalue weighted by Crippen LogP contribution is 2.27. The van der Waals surface area contributed by atoms with Crippen LogP contribution < -0.4 is 4.74 Å². The lowest BCUT2D eigenvalue weighted by molar-refractivity contribution is -0.278. The van der Waals surface area contributed by atoms with Crippen LogP contribution in [0, 0.1) is 0 Å². The predicted molar refractivity (Wildman–Crippen MR) is 109 cm³/mol. The molecule has 10 nitrogen and oxygen atoms in total. The van der Waals surface area contributed by atoms with Crippen molar-refractivity contribution in [3.8, 4) is 5.75 Å². The van der Waals surface area contributed by atoms with Crippen molar-refractivity contribution in [3.63, 3.8) is 0 Å². The molecule has 32 heavy (non-hydrogen) atoms. The molecule has 3 rings (SSSR count). The molecular formula is C22H28O10. The molecule has 1 aromatic carbocycles. The van der Waals surface area contributed by atoms with Crippen molar-refractivity contribution in [2.45, 2.75) is 68.9 Å². The topological polar surface area (TPSA) is 163 Å². The first-order chi connectivity index (χ1) is 15.2. The van der Waals surface area contributed by atoms with Gasteiger partial charge in [-0.15, -0.1) is 0 Å². The van der Waals surface area contributed by atoms with Gasteiger partial charge in [0.05, 0.1) is 18.9 Å². The minimum atomic E-state index is -1.63. The Labute approximate surface area is 184 Å². The summed E-state index contributed by atoms with van der Waals surface area (Å²) in [5, 5.41) is 49.3. The van der Waals surface area contributed by atoms with Crippen molar-refractivity contribution < 1.29 is 49.3 Å². The second-order valence-electron chi connectivity index (χ2n) is 7.96. The molecule has 1 heterocycles. The molecule has 1 aliphatic carbocycles. The Morgan fingerprint density at radius 3 is 2.47 bits per heavy atom. The molecule has 1 saturated heterocycles. The van der Waals surface area contributed by atoms with E-state index >= 15 is 0 Å². The van der Waals surface area contributed by atoms with Crippen LogP contribution in [0.1, 0.15) is 31.2 Å². The van der Waals surface area contributed by atoms with Gasteiger partial charge in [-0.25, -0.2) is 0 Å². The summed E-state index contributed by atoms with van der Waals surface area (Å²) in [5.41, 5.74) is 1.20. The van der Waals surface area contributed by atoms with E-state index in [2.05, 4.69) is 0 Å². The van der Waals surface area contributed by atoms with Crippen LogP contribution in [0.5, 0.6) is 5.75 Å². The Bertz CT molecular complexity index is 838. The minimum Gasteiger partial charge on any atom is -0.481 e. The Morgan fingerprint density at radius 2 is 1.78 bits per heavy atom. The first-order valence-electron chi connectivity index (χ1n) is 10.4. The Balaban J connectivity index is 1.60. The number of hydrogen-bond donors (Lipinski definition) is 5. The van der Waals surface area contributed by atoms with Crippen LogP contribution in [0.2, 0.25) is 0 Å². The van der Waals surface area contributed by atoms with Crippen LogP contribution in [0.25, 0.3) is 0 Å². The van der Waals surface area contributed by atoms with E-state index in [1.807, 2.05) is 0 Å². The van der Waals surface area contributed by atoms with Crippen LogP contribution in [-0.2, 0) is 25.5 Å². The van der Waals surface area contributed by atoms with Crippen LogP contribution in [-0.4, -0.2) is 80.9 Å². The molecule has 1 aliphatic heterocycles. The maximum atomic E-state index is 12.1. The fraction of sp³-hybridized carbons (Fsp3) is 0.545. The molecule has 176 valence electrons. The lowest BCUT2D eigenvalue weighted by atomic mass is 9.95. The highest BCUT2D eigenvalue weighted by atomic mass is 16.7. The molecule has 0 amide bonds. The fourth-order valence-electron chi connectivity index (χ4n) is 3.65. The number of ether oxygens (including phenoxy) is 3. The number of para-hydroxylation sites is 1. The highest BCUT2D eigenvalue weighted by molar-refractivity contribution is 5.72. The summed E-state index contributed by atoms with van der Waals surface area (Å²) in [6.45, 7) is -0.379. The average Bonchev–Trinajstić information content (AvgIpc) is 2.76. The van der Waals surface area contributed by atoms with Crippen LogP contribution >= 0.6 is 0 Å². The van der Waals surface area contributed by atoms with Gasteiger partial charge in [0.25, 0.3) is 0 Å². The average molecular weight is 452 g/mol. The second-order valence-corrected chi connectivity index (χ2v) is 7.96. The van der Waals surface area contributed by atoms with Crippen molar-refractivity contribution in [1.29, 1.82) is 0 Å². The molecule has 0 spiro atoms. The van der Waals surface area contributed by atoms with Crippen molar-refractivity contribution >= 4 is 11.9 Å². The van der Waals surface area contributed by atoms with Gasteiger partial charge in [0, 0.05) is 5.56 Å². The third-order valence-electron chi connectivity index (χ3n) is 5.48. The second kappa shape index (κ2) is 10.9. The summed E-state index contributed by atoms with van der Waals surface area (Å²) in [4.78, 5) is 23.2. The molecule has 0 aromatic heterocycles. The van der Waals surface area contributed by atoms with Gasteiger partial charge >= 0.3 is 11.9 Å². The lowest BCUT2D eigenvalue weighted by Gasteiger charge is -2.40. The van der Waals surface area contributed by atoms with Gasteiger partial charge in [-0.2, -0.15) is 0 Å². The maximum absolute atomic E-state index is 12.1.